The number of nitrogens with zero attached hydrogens (tertiary/aromatic N) is 6. The van der Waals surface area contributed by atoms with Crippen molar-refractivity contribution >= 4 is 11.0 Å². The van der Waals surface area contributed by atoms with Gasteiger partial charge >= 0.3 is 0 Å². The molecule has 130 valence electrons. The lowest BCUT2D eigenvalue weighted by molar-refractivity contribution is 0.432. The third kappa shape index (κ3) is 2.56. The van der Waals surface area contributed by atoms with Crippen LogP contribution >= 0.6 is 0 Å². The number of benzene rings is 1. The van der Waals surface area contributed by atoms with Gasteiger partial charge in [-0.3, -0.25) is 4.98 Å². The number of hydrogen-bond donors (Lipinski definition) is 0. The summed E-state index contributed by atoms with van der Waals surface area (Å²) in [5, 5.41) is 12.8. The highest BCUT2D eigenvalue weighted by Gasteiger charge is 2.20. The summed E-state index contributed by atoms with van der Waals surface area (Å²) in [4.78, 5) is 8.72. The van der Waals surface area contributed by atoms with Crippen LogP contribution in [0.3, 0.4) is 0 Å². The molecule has 1 aliphatic carbocycles. The van der Waals surface area contributed by atoms with Gasteiger partial charge in [0.15, 0.2) is 0 Å². The first-order valence-corrected chi connectivity index (χ1v) is 8.90. The Balaban J connectivity index is 1.50. The molecule has 3 aromatic heterocycles. The smallest absolute Gasteiger partial charge is 0.258 e. The molecule has 0 atom stereocenters. The Bertz CT molecular complexity index is 1080. The van der Waals surface area contributed by atoms with Crippen LogP contribution in [0.25, 0.3) is 33.9 Å². The van der Waals surface area contributed by atoms with Gasteiger partial charge in [0, 0.05) is 23.0 Å². The quantitative estimate of drug-likeness (QED) is 0.558. The lowest BCUT2D eigenvalue weighted by atomic mass is 10.2. The molecule has 0 radical (unpaired) electrons. The van der Waals surface area contributed by atoms with Crippen LogP contribution in [0, 0.1) is 6.92 Å². The third-order valence-electron chi connectivity index (χ3n) is 4.97. The molecule has 5 rings (SSSR count). The van der Waals surface area contributed by atoms with Gasteiger partial charge in [0.1, 0.15) is 5.52 Å². The van der Waals surface area contributed by atoms with Crippen molar-refractivity contribution in [2.45, 2.75) is 38.6 Å². The van der Waals surface area contributed by atoms with Crippen molar-refractivity contribution < 1.29 is 4.52 Å². The molecule has 0 unspecified atom stereocenters. The summed E-state index contributed by atoms with van der Waals surface area (Å²) in [5.41, 5.74) is 4.57. The van der Waals surface area contributed by atoms with E-state index < -0.39 is 0 Å². The summed E-state index contributed by atoms with van der Waals surface area (Å²) in [6.45, 7) is 1.94. The van der Waals surface area contributed by atoms with Crippen molar-refractivity contribution in [2.75, 3.05) is 0 Å². The average molecular weight is 346 g/mol. The molecule has 0 spiro atoms. The fraction of sp³-hybridized carbons (Fsp3) is 0.316. The van der Waals surface area contributed by atoms with Crippen molar-refractivity contribution in [1.29, 1.82) is 0 Å². The molecule has 1 aromatic carbocycles. The fourth-order valence-electron chi connectivity index (χ4n) is 3.64. The first-order valence-electron chi connectivity index (χ1n) is 8.90. The van der Waals surface area contributed by atoms with Crippen LogP contribution in [0.2, 0.25) is 0 Å². The Morgan fingerprint density at radius 2 is 1.96 bits per heavy atom. The van der Waals surface area contributed by atoms with E-state index in [0.717, 1.165) is 27.9 Å². The van der Waals surface area contributed by atoms with E-state index in [1.165, 1.54) is 25.7 Å². The molecule has 1 fully saturated rings. The minimum absolute atomic E-state index is 0.468. The minimum Gasteiger partial charge on any atom is -0.334 e. The number of pyridine rings is 1. The maximum Gasteiger partial charge on any atom is 0.258 e. The van der Waals surface area contributed by atoms with Gasteiger partial charge in [-0.2, -0.15) is 4.98 Å². The van der Waals surface area contributed by atoms with Gasteiger partial charge in [-0.15, -0.1) is 5.10 Å². The van der Waals surface area contributed by atoms with Crippen LogP contribution in [-0.2, 0) is 0 Å². The molecule has 26 heavy (non-hydrogen) atoms. The first kappa shape index (κ1) is 15.2. The molecule has 7 heteroatoms. The maximum absolute atomic E-state index is 5.46. The summed E-state index contributed by atoms with van der Waals surface area (Å²) in [7, 11) is 0. The summed E-state index contributed by atoms with van der Waals surface area (Å²) in [5.74, 6) is 1.03. The standard InChI is InChI=1S/C19H18N6O/c1-12-10-13(8-9-20-12)18-21-19(26-23-18)14-6-7-17-16(11-14)22-24-25(17)15-4-2-3-5-15/h6-11,15H,2-5H2,1H3. The molecule has 0 bridgehead atoms. The second-order valence-corrected chi connectivity index (χ2v) is 6.78. The van der Waals surface area contributed by atoms with Crippen LogP contribution in [0.4, 0.5) is 0 Å². The van der Waals surface area contributed by atoms with Gasteiger partial charge in [0.05, 0.1) is 11.6 Å². The molecule has 0 N–H and O–H groups in total. The highest BCUT2D eigenvalue weighted by atomic mass is 16.5. The predicted molar refractivity (Wildman–Crippen MR) is 96.3 cm³/mol. The van der Waals surface area contributed by atoms with Crippen LogP contribution in [-0.4, -0.2) is 30.1 Å². The van der Waals surface area contributed by atoms with Crippen molar-refractivity contribution in [1.82, 2.24) is 30.1 Å². The SMILES string of the molecule is Cc1cc(-c2noc(-c3ccc4c(c3)nnn4C3CCCC3)n2)ccn1. The van der Waals surface area contributed by atoms with Gasteiger partial charge in [-0.25, -0.2) is 4.68 Å². The Morgan fingerprint density at radius 3 is 2.81 bits per heavy atom. The Labute approximate surface area is 150 Å². The van der Waals surface area contributed by atoms with Crippen LogP contribution in [0.15, 0.2) is 41.1 Å². The van der Waals surface area contributed by atoms with E-state index >= 15 is 0 Å². The van der Waals surface area contributed by atoms with E-state index in [4.69, 9.17) is 4.52 Å². The Hall–Kier alpha value is -3.09. The molecule has 0 aliphatic heterocycles. The predicted octanol–water partition coefficient (Wildman–Crippen LogP) is 3.97. The van der Waals surface area contributed by atoms with Gasteiger partial charge in [0.2, 0.25) is 5.82 Å². The average Bonchev–Trinajstić information content (AvgIpc) is 3.40. The van der Waals surface area contributed by atoms with Gasteiger partial charge < -0.3 is 4.52 Å². The molecule has 1 aliphatic rings. The molecule has 0 saturated heterocycles. The summed E-state index contributed by atoms with van der Waals surface area (Å²) >= 11 is 0. The lowest BCUT2D eigenvalue weighted by Gasteiger charge is -2.09. The molecule has 4 aromatic rings. The van der Waals surface area contributed by atoms with Gasteiger partial charge in [-0.1, -0.05) is 23.2 Å². The zero-order valence-electron chi connectivity index (χ0n) is 14.5. The molecule has 7 nitrogen and oxygen atoms in total. The molecule has 3 heterocycles. The Morgan fingerprint density at radius 1 is 1.08 bits per heavy atom. The number of aromatic nitrogens is 6. The first-order chi connectivity index (χ1) is 12.8. The van der Waals surface area contributed by atoms with Crippen molar-refractivity contribution in [3.8, 4) is 22.8 Å². The summed E-state index contributed by atoms with van der Waals surface area (Å²) < 4.78 is 7.52. The zero-order chi connectivity index (χ0) is 17.5. The monoisotopic (exact) mass is 346 g/mol. The van der Waals surface area contributed by atoms with Crippen molar-refractivity contribution in [3.63, 3.8) is 0 Å². The molecule has 0 amide bonds. The largest absolute Gasteiger partial charge is 0.334 e. The molecular formula is C19H18N6O. The van der Waals surface area contributed by atoms with E-state index in [1.807, 2.05) is 37.3 Å². The number of hydrogen-bond acceptors (Lipinski definition) is 6. The van der Waals surface area contributed by atoms with E-state index in [0.29, 0.717) is 17.8 Å². The van der Waals surface area contributed by atoms with Crippen LogP contribution in [0.5, 0.6) is 0 Å². The van der Waals surface area contributed by atoms with Crippen LogP contribution < -0.4 is 0 Å². The summed E-state index contributed by atoms with van der Waals surface area (Å²) in [6.07, 6.45) is 6.64. The van der Waals surface area contributed by atoms with Crippen molar-refractivity contribution in [2.24, 2.45) is 0 Å². The van der Waals surface area contributed by atoms with E-state index in [9.17, 15) is 0 Å². The fourth-order valence-corrected chi connectivity index (χ4v) is 3.64. The van der Waals surface area contributed by atoms with E-state index in [-0.39, 0.29) is 0 Å². The molecule has 1 saturated carbocycles. The number of aryl methyl sites for hydroxylation is 1. The highest BCUT2D eigenvalue weighted by Crippen LogP contribution is 2.32. The Kier molecular flexibility index (Phi) is 3.51. The summed E-state index contributed by atoms with van der Waals surface area (Å²) in [6, 6.07) is 10.3. The van der Waals surface area contributed by atoms with Gasteiger partial charge in [0.25, 0.3) is 5.89 Å². The van der Waals surface area contributed by atoms with Crippen LogP contribution in [0.1, 0.15) is 37.4 Å². The maximum atomic E-state index is 5.46. The number of rotatable bonds is 3. The van der Waals surface area contributed by atoms with Crippen molar-refractivity contribution in [3.05, 3.63) is 42.2 Å². The van der Waals surface area contributed by atoms with Gasteiger partial charge in [-0.05, 0) is 50.1 Å². The normalized spacial score (nSPS) is 15.1. The van der Waals surface area contributed by atoms with E-state index in [1.54, 1.807) is 6.20 Å². The molecular weight excluding hydrogens is 328 g/mol. The minimum atomic E-state index is 0.468. The second-order valence-electron chi connectivity index (χ2n) is 6.78. The van der Waals surface area contributed by atoms with E-state index in [2.05, 4.69) is 30.1 Å². The third-order valence-corrected chi connectivity index (χ3v) is 4.97. The second kappa shape index (κ2) is 6.01. The highest BCUT2D eigenvalue weighted by molar-refractivity contribution is 5.80. The topological polar surface area (TPSA) is 82.5 Å². The lowest BCUT2D eigenvalue weighted by Crippen LogP contribution is -2.06. The number of fused-ring (bicyclic) bond motifs is 1. The zero-order valence-corrected chi connectivity index (χ0v) is 14.5.